The number of carbonyl (C=O) groups excluding carboxylic acids is 1. The molecule has 0 aliphatic rings. The molecule has 0 heterocycles. The largest absolute Gasteiger partial charge is 0.493 e. The number of ether oxygens (including phenoxy) is 1. The molecule has 0 radical (unpaired) electrons. The number of hydrogen-bond donors (Lipinski definition) is 0. The standard InChI is InChI=1S/C13H18O2/c1-4-11-7-6-8-12(10(3)9-14)13(11)15-5-2/h6-10H,4-5H2,1-3H3. The number of para-hydroxylation sites is 1. The van der Waals surface area contributed by atoms with Crippen LogP contribution in [0.25, 0.3) is 0 Å². The van der Waals surface area contributed by atoms with E-state index in [0.717, 1.165) is 24.0 Å². The van der Waals surface area contributed by atoms with E-state index < -0.39 is 0 Å². The molecule has 0 N–H and O–H groups in total. The Morgan fingerprint density at radius 1 is 1.40 bits per heavy atom. The van der Waals surface area contributed by atoms with Crippen LogP contribution in [-0.4, -0.2) is 12.9 Å². The summed E-state index contributed by atoms with van der Waals surface area (Å²) >= 11 is 0. The van der Waals surface area contributed by atoms with Gasteiger partial charge in [-0.2, -0.15) is 0 Å². The zero-order chi connectivity index (χ0) is 11.3. The van der Waals surface area contributed by atoms with Gasteiger partial charge in [-0.1, -0.05) is 32.0 Å². The fourth-order valence-electron chi connectivity index (χ4n) is 1.64. The van der Waals surface area contributed by atoms with Crippen molar-refractivity contribution >= 4 is 6.29 Å². The van der Waals surface area contributed by atoms with Crippen LogP contribution in [0, 0.1) is 0 Å². The summed E-state index contributed by atoms with van der Waals surface area (Å²) in [5.41, 5.74) is 2.16. The second kappa shape index (κ2) is 5.54. The maximum absolute atomic E-state index is 10.8. The van der Waals surface area contributed by atoms with Gasteiger partial charge in [0.05, 0.1) is 6.61 Å². The first-order chi connectivity index (χ1) is 7.24. The molecular formula is C13H18O2. The molecule has 1 aromatic carbocycles. The van der Waals surface area contributed by atoms with Crippen LogP contribution in [0.5, 0.6) is 5.75 Å². The van der Waals surface area contributed by atoms with Crippen LogP contribution in [0.3, 0.4) is 0 Å². The molecule has 0 saturated heterocycles. The van der Waals surface area contributed by atoms with Gasteiger partial charge in [0.1, 0.15) is 12.0 Å². The highest BCUT2D eigenvalue weighted by atomic mass is 16.5. The summed E-state index contributed by atoms with van der Waals surface area (Å²) in [7, 11) is 0. The van der Waals surface area contributed by atoms with Crippen LogP contribution >= 0.6 is 0 Å². The zero-order valence-electron chi connectivity index (χ0n) is 9.62. The van der Waals surface area contributed by atoms with Crippen molar-refractivity contribution in [2.75, 3.05) is 6.61 Å². The third kappa shape index (κ3) is 2.58. The summed E-state index contributed by atoms with van der Waals surface area (Å²) in [4.78, 5) is 10.8. The van der Waals surface area contributed by atoms with Crippen LogP contribution in [0.2, 0.25) is 0 Å². The van der Waals surface area contributed by atoms with Crippen molar-refractivity contribution in [3.05, 3.63) is 29.3 Å². The minimum atomic E-state index is -0.0990. The molecular weight excluding hydrogens is 188 g/mol. The zero-order valence-corrected chi connectivity index (χ0v) is 9.62. The number of aryl methyl sites for hydroxylation is 1. The molecule has 0 fully saturated rings. The van der Waals surface area contributed by atoms with Gasteiger partial charge in [-0.25, -0.2) is 0 Å². The molecule has 82 valence electrons. The molecule has 0 saturated carbocycles. The van der Waals surface area contributed by atoms with E-state index >= 15 is 0 Å². The predicted octanol–water partition coefficient (Wildman–Crippen LogP) is 2.95. The monoisotopic (exact) mass is 206 g/mol. The van der Waals surface area contributed by atoms with Gasteiger partial charge >= 0.3 is 0 Å². The lowest BCUT2D eigenvalue weighted by Gasteiger charge is -2.15. The molecule has 2 nitrogen and oxygen atoms in total. The van der Waals surface area contributed by atoms with E-state index in [-0.39, 0.29) is 5.92 Å². The fourth-order valence-corrected chi connectivity index (χ4v) is 1.64. The Morgan fingerprint density at radius 3 is 2.67 bits per heavy atom. The average molecular weight is 206 g/mol. The van der Waals surface area contributed by atoms with E-state index in [0.29, 0.717) is 6.61 Å². The number of rotatable bonds is 5. The van der Waals surface area contributed by atoms with Gasteiger partial charge in [0.15, 0.2) is 0 Å². The molecule has 0 amide bonds. The first-order valence-electron chi connectivity index (χ1n) is 5.44. The Morgan fingerprint density at radius 2 is 2.13 bits per heavy atom. The summed E-state index contributed by atoms with van der Waals surface area (Å²) in [6.07, 6.45) is 1.88. The van der Waals surface area contributed by atoms with Crippen molar-refractivity contribution in [3.63, 3.8) is 0 Å². The topological polar surface area (TPSA) is 26.3 Å². The molecule has 1 unspecified atom stereocenters. The Hall–Kier alpha value is -1.31. The highest BCUT2D eigenvalue weighted by Crippen LogP contribution is 2.29. The van der Waals surface area contributed by atoms with Crippen LogP contribution in [0.4, 0.5) is 0 Å². The lowest BCUT2D eigenvalue weighted by atomic mass is 9.98. The maximum atomic E-state index is 10.8. The average Bonchev–Trinajstić information content (AvgIpc) is 2.28. The molecule has 15 heavy (non-hydrogen) atoms. The van der Waals surface area contributed by atoms with Crippen molar-refractivity contribution in [1.29, 1.82) is 0 Å². The normalized spacial score (nSPS) is 12.2. The molecule has 1 atom stereocenters. The Kier molecular flexibility index (Phi) is 4.35. The number of hydrogen-bond acceptors (Lipinski definition) is 2. The van der Waals surface area contributed by atoms with Crippen molar-refractivity contribution < 1.29 is 9.53 Å². The first-order valence-corrected chi connectivity index (χ1v) is 5.44. The Balaban J connectivity index is 3.17. The van der Waals surface area contributed by atoms with Gasteiger partial charge < -0.3 is 9.53 Å². The predicted molar refractivity (Wildman–Crippen MR) is 61.5 cm³/mol. The molecule has 0 bridgehead atoms. The number of benzene rings is 1. The van der Waals surface area contributed by atoms with Gasteiger partial charge in [0.25, 0.3) is 0 Å². The lowest BCUT2D eigenvalue weighted by molar-refractivity contribution is -0.108. The van der Waals surface area contributed by atoms with Crippen molar-refractivity contribution in [1.82, 2.24) is 0 Å². The van der Waals surface area contributed by atoms with Gasteiger partial charge in [-0.3, -0.25) is 0 Å². The van der Waals surface area contributed by atoms with Crippen molar-refractivity contribution in [3.8, 4) is 5.75 Å². The highest BCUT2D eigenvalue weighted by Gasteiger charge is 2.13. The molecule has 1 rings (SSSR count). The molecule has 2 heteroatoms. The van der Waals surface area contributed by atoms with Gasteiger partial charge in [-0.05, 0) is 18.9 Å². The van der Waals surface area contributed by atoms with Crippen LogP contribution in [0.15, 0.2) is 18.2 Å². The molecule has 0 aliphatic carbocycles. The molecule has 0 spiro atoms. The Bertz CT molecular complexity index is 331. The molecule has 0 aliphatic heterocycles. The second-order valence-electron chi connectivity index (χ2n) is 3.55. The van der Waals surface area contributed by atoms with Crippen LogP contribution < -0.4 is 4.74 Å². The molecule has 1 aromatic rings. The summed E-state index contributed by atoms with van der Waals surface area (Å²) in [6.45, 7) is 6.58. The van der Waals surface area contributed by atoms with E-state index in [9.17, 15) is 4.79 Å². The fraction of sp³-hybridized carbons (Fsp3) is 0.462. The number of aldehydes is 1. The first kappa shape index (κ1) is 11.8. The van der Waals surface area contributed by atoms with E-state index in [1.54, 1.807) is 0 Å². The van der Waals surface area contributed by atoms with E-state index in [2.05, 4.69) is 6.92 Å². The minimum absolute atomic E-state index is 0.0990. The summed E-state index contributed by atoms with van der Waals surface area (Å²) in [6, 6.07) is 5.99. The lowest BCUT2D eigenvalue weighted by Crippen LogP contribution is -2.04. The third-order valence-electron chi connectivity index (χ3n) is 2.49. The van der Waals surface area contributed by atoms with E-state index in [4.69, 9.17) is 4.74 Å². The van der Waals surface area contributed by atoms with E-state index in [1.165, 1.54) is 5.56 Å². The third-order valence-corrected chi connectivity index (χ3v) is 2.49. The van der Waals surface area contributed by atoms with E-state index in [1.807, 2.05) is 32.0 Å². The summed E-state index contributed by atoms with van der Waals surface area (Å²) < 4.78 is 5.62. The van der Waals surface area contributed by atoms with Crippen LogP contribution in [0.1, 0.15) is 37.8 Å². The van der Waals surface area contributed by atoms with Gasteiger partial charge in [-0.15, -0.1) is 0 Å². The van der Waals surface area contributed by atoms with Gasteiger partial charge in [0.2, 0.25) is 0 Å². The SMILES string of the molecule is CCOc1c(CC)cccc1C(C)C=O. The van der Waals surface area contributed by atoms with Gasteiger partial charge in [0, 0.05) is 11.5 Å². The van der Waals surface area contributed by atoms with Crippen LogP contribution in [-0.2, 0) is 11.2 Å². The maximum Gasteiger partial charge on any atom is 0.127 e. The summed E-state index contributed by atoms with van der Waals surface area (Å²) in [5, 5.41) is 0. The summed E-state index contributed by atoms with van der Waals surface area (Å²) in [5.74, 6) is 0.792. The Labute approximate surface area is 91.3 Å². The van der Waals surface area contributed by atoms with Crippen molar-refractivity contribution in [2.45, 2.75) is 33.1 Å². The second-order valence-corrected chi connectivity index (χ2v) is 3.55. The molecule has 0 aromatic heterocycles. The highest BCUT2D eigenvalue weighted by molar-refractivity contribution is 5.64. The number of carbonyl (C=O) groups is 1. The quantitative estimate of drug-likeness (QED) is 0.692. The van der Waals surface area contributed by atoms with Crippen molar-refractivity contribution in [2.24, 2.45) is 0 Å². The minimum Gasteiger partial charge on any atom is -0.493 e. The smallest absolute Gasteiger partial charge is 0.127 e.